The minimum absolute atomic E-state index is 0.292. The van der Waals surface area contributed by atoms with Gasteiger partial charge in [0, 0.05) is 17.6 Å². The fourth-order valence-corrected chi connectivity index (χ4v) is 3.95. The van der Waals surface area contributed by atoms with Gasteiger partial charge in [0.1, 0.15) is 0 Å². The predicted molar refractivity (Wildman–Crippen MR) is 105 cm³/mol. The Bertz CT molecular complexity index is 985. The van der Waals surface area contributed by atoms with Crippen LogP contribution in [0.1, 0.15) is 16.8 Å². The number of anilines is 2. The molecule has 0 atom stereocenters. The van der Waals surface area contributed by atoms with Gasteiger partial charge in [0.05, 0.1) is 17.1 Å². The maximum absolute atomic E-state index is 12.6. The molecule has 0 aliphatic rings. The van der Waals surface area contributed by atoms with Crippen LogP contribution in [0.3, 0.4) is 0 Å². The first-order valence-electron chi connectivity index (χ1n) is 8.28. The van der Waals surface area contributed by atoms with E-state index in [0.717, 1.165) is 22.5 Å². The maximum atomic E-state index is 12.6. The first-order valence-corrected chi connectivity index (χ1v) is 9.76. The fraction of sp³-hybridized carbons (Fsp3) is 0.150. The number of aromatic nitrogens is 1. The first-order chi connectivity index (χ1) is 12.4. The Hall–Kier alpha value is -2.86. The largest absolute Gasteiger partial charge is 0.379 e. The standard InChI is InChI=1S/C20H21N3O2S/c1-15-6-11-20(16(2)13-15)26(24,25)23-18-9-7-17(8-10-18)22-14-19-5-3-4-12-21-19/h3-13,22-23H,14H2,1-2H3. The van der Waals surface area contributed by atoms with Gasteiger partial charge in [0.15, 0.2) is 0 Å². The third-order valence-corrected chi connectivity index (χ3v) is 5.50. The third kappa shape index (κ3) is 4.40. The lowest BCUT2D eigenvalue weighted by Crippen LogP contribution is -2.14. The van der Waals surface area contributed by atoms with Gasteiger partial charge in [0.25, 0.3) is 10.0 Å². The summed E-state index contributed by atoms with van der Waals surface area (Å²) in [4.78, 5) is 4.55. The van der Waals surface area contributed by atoms with Crippen molar-refractivity contribution in [2.45, 2.75) is 25.3 Å². The number of hydrogen-bond acceptors (Lipinski definition) is 4. The number of sulfonamides is 1. The molecule has 0 unspecified atom stereocenters. The second-order valence-electron chi connectivity index (χ2n) is 6.13. The molecule has 1 aromatic heterocycles. The van der Waals surface area contributed by atoms with Crippen LogP contribution in [0.2, 0.25) is 0 Å². The van der Waals surface area contributed by atoms with Gasteiger partial charge in [-0.3, -0.25) is 9.71 Å². The Kier molecular flexibility index (Phi) is 5.23. The lowest BCUT2D eigenvalue weighted by Gasteiger charge is -2.12. The second kappa shape index (κ2) is 7.58. The van der Waals surface area contributed by atoms with Crippen LogP contribution in [-0.2, 0) is 16.6 Å². The van der Waals surface area contributed by atoms with Crippen LogP contribution in [0.4, 0.5) is 11.4 Å². The molecule has 3 aromatic rings. The zero-order valence-corrected chi connectivity index (χ0v) is 15.5. The monoisotopic (exact) mass is 367 g/mol. The molecule has 3 rings (SSSR count). The van der Waals surface area contributed by atoms with E-state index in [1.165, 1.54) is 0 Å². The van der Waals surface area contributed by atoms with E-state index in [9.17, 15) is 8.42 Å². The summed E-state index contributed by atoms with van der Waals surface area (Å²) >= 11 is 0. The first kappa shape index (κ1) is 17.9. The maximum Gasteiger partial charge on any atom is 0.262 e. The Morgan fingerprint density at radius 3 is 2.31 bits per heavy atom. The van der Waals surface area contributed by atoms with Gasteiger partial charge in [-0.2, -0.15) is 0 Å². The molecule has 2 N–H and O–H groups in total. The van der Waals surface area contributed by atoms with Crippen molar-refractivity contribution in [3.8, 4) is 0 Å². The summed E-state index contributed by atoms with van der Waals surface area (Å²) in [7, 11) is -3.61. The molecule has 1 heterocycles. The molecular weight excluding hydrogens is 346 g/mol. The van der Waals surface area contributed by atoms with Crippen molar-refractivity contribution in [1.29, 1.82) is 0 Å². The normalized spacial score (nSPS) is 11.2. The smallest absolute Gasteiger partial charge is 0.262 e. The van der Waals surface area contributed by atoms with Gasteiger partial charge in [0.2, 0.25) is 0 Å². The number of nitrogens with one attached hydrogen (secondary N) is 2. The van der Waals surface area contributed by atoms with Crippen molar-refractivity contribution in [2.24, 2.45) is 0 Å². The van der Waals surface area contributed by atoms with Gasteiger partial charge < -0.3 is 5.32 Å². The quantitative estimate of drug-likeness (QED) is 0.688. The van der Waals surface area contributed by atoms with Crippen LogP contribution in [-0.4, -0.2) is 13.4 Å². The molecule has 0 spiro atoms. The van der Waals surface area contributed by atoms with Crippen LogP contribution < -0.4 is 10.0 Å². The summed E-state index contributed by atoms with van der Waals surface area (Å²) in [6.45, 7) is 4.34. The van der Waals surface area contributed by atoms with E-state index >= 15 is 0 Å². The van der Waals surface area contributed by atoms with E-state index in [4.69, 9.17) is 0 Å². The average molecular weight is 367 g/mol. The second-order valence-corrected chi connectivity index (χ2v) is 7.78. The highest BCUT2D eigenvalue weighted by Crippen LogP contribution is 2.21. The number of nitrogens with zero attached hydrogens (tertiary/aromatic N) is 1. The zero-order valence-electron chi connectivity index (χ0n) is 14.7. The van der Waals surface area contributed by atoms with Crippen LogP contribution in [0.15, 0.2) is 71.8 Å². The number of benzene rings is 2. The average Bonchev–Trinajstić information content (AvgIpc) is 2.61. The predicted octanol–water partition coefficient (Wildman–Crippen LogP) is 4.11. The number of aryl methyl sites for hydroxylation is 2. The molecule has 0 radical (unpaired) electrons. The van der Waals surface area contributed by atoms with Crippen molar-refractivity contribution in [1.82, 2.24) is 4.98 Å². The van der Waals surface area contributed by atoms with Crippen LogP contribution in [0.5, 0.6) is 0 Å². The van der Waals surface area contributed by atoms with Crippen LogP contribution >= 0.6 is 0 Å². The molecule has 6 heteroatoms. The molecule has 26 heavy (non-hydrogen) atoms. The fourth-order valence-electron chi connectivity index (χ4n) is 2.66. The van der Waals surface area contributed by atoms with Crippen LogP contribution in [0, 0.1) is 13.8 Å². The van der Waals surface area contributed by atoms with Crippen molar-refractivity contribution in [2.75, 3.05) is 10.0 Å². The van der Waals surface area contributed by atoms with Crippen molar-refractivity contribution < 1.29 is 8.42 Å². The Morgan fingerprint density at radius 2 is 1.65 bits per heavy atom. The Morgan fingerprint density at radius 1 is 0.923 bits per heavy atom. The van der Waals surface area contributed by atoms with Crippen molar-refractivity contribution in [3.05, 3.63) is 83.7 Å². The van der Waals surface area contributed by atoms with Gasteiger partial charge in [-0.15, -0.1) is 0 Å². The topological polar surface area (TPSA) is 71.1 Å². The van der Waals surface area contributed by atoms with E-state index in [2.05, 4.69) is 15.0 Å². The highest BCUT2D eigenvalue weighted by molar-refractivity contribution is 7.92. The van der Waals surface area contributed by atoms with E-state index in [1.54, 1.807) is 37.4 Å². The van der Waals surface area contributed by atoms with E-state index in [-0.39, 0.29) is 0 Å². The molecule has 5 nitrogen and oxygen atoms in total. The van der Waals surface area contributed by atoms with E-state index in [1.807, 2.05) is 43.3 Å². The minimum Gasteiger partial charge on any atom is -0.379 e. The Balaban J connectivity index is 1.68. The molecule has 0 fully saturated rings. The SMILES string of the molecule is Cc1ccc(S(=O)(=O)Nc2ccc(NCc3ccccn3)cc2)c(C)c1. The summed E-state index contributed by atoms with van der Waals surface area (Å²) in [6.07, 6.45) is 1.75. The van der Waals surface area contributed by atoms with E-state index in [0.29, 0.717) is 17.1 Å². The molecule has 134 valence electrons. The third-order valence-electron chi connectivity index (χ3n) is 3.96. The molecular formula is C20H21N3O2S. The zero-order chi connectivity index (χ0) is 18.6. The number of hydrogen-bond donors (Lipinski definition) is 2. The number of pyridine rings is 1. The molecule has 0 saturated carbocycles. The summed E-state index contributed by atoms with van der Waals surface area (Å²) in [6, 6.07) is 18.2. The van der Waals surface area contributed by atoms with Gasteiger partial charge >= 0.3 is 0 Å². The van der Waals surface area contributed by atoms with Crippen molar-refractivity contribution in [3.63, 3.8) is 0 Å². The molecule has 0 saturated heterocycles. The molecule has 0 aliphatic carbocycles. The minimum atomic E-state index is -3.61. The van der Waals surface area contributed by atoms with Gasteiger partial charge in [-0.1, -0.05) is 23.8 Å². The summed E-state index contributed by atoms with van der Waals surface area (Å²) in [5, 5.41) is 3.26. The lowest BCUT2D eigenvalue weighted by molar-refractivity contribution is 0.600. The molecule has 2 aromatic carbocycles. The summed E-state index contributed by atoms with van der Waals surface area (Å²) < 4.78 is 27.8. The summed E-state index contributed by atoms with van der Waals surface area (Å²) in [5.74, 6) is 0. The lowest BCUT2D eigenvalue weighted by atomic mass is 10.2. The molecule has 0 bridgehead atoms. The van der Waals surface area contributed by atoms with Crippen molar-refractivity contribution >= 4 is 21.4 Å². The Labute approximate surface area is 154 Å². The van der Waals surface area contributed by atoms with Gasteiger partial charge in [-0.25, -0.2) is 8.42 Å². The molecule has 0 aliphatic heterocycles. The highest BCUT2D eigenvalue weighted by Gasteiger charge is 2.16. The van der Waals surface area contributed by atoms with Crippen LogP contribution in [0.25, 0.3) is 0 Å². The number of rotatable bonds is 6. The summed E-state index contributed by atoms with van der Waals surface area (Å²) in [5.41, 5.74) is 4.11. The van der Waals surface area contributed by atoms with E-state index < -0.39 is 10.0 Å². The molecule has 0 amide bonds. The highest BCUT2D eigenvalue weighted by atomic mass is 32.2. The van der Waals surface area contributed by atoms with Gasteiger partial charge in [-0.05, 0) is 61.9 Å².